The van der Waals surface area contributed by atoms with Gasteiger partial charge in [-0.2, -0.15) is 0 Å². The maximum absolute atomic E-state index is 9.53. The molecule has 4 nitrogen and oxygen atoms in total. The van der Waals surface area contributed by atoms with Crippen LogP contribution in [0.5, 0.6) is 5.75 Å². The second-order valence-electron chi connectivity index (χ2n) is 4.07. The molecule has 0 bridgehead atoms. The van der Waals surface area contributed by atoms with E-state index < -0.39 is 0 Å². The van der Waals surface area contributed by atoms with Gasteiger partial charge in [0.15, 0.2) is 4.73 Å². The highest BCUT2D eigenvalue weighted by atomic mass is 79.9. The first kappa shape index (κ1) is 10.1. The highest BCUT2D eigenvalue weighted by molar-refractivity contribution is 9.10. The highest BCUT2D eigenvalue weighted by Gasteiger charge is 2.21. The topological polar surface area (TPSA) is 50.1 Å². The molecule has 1 aliphatic rings. The minimum absolute atomic E-state index is 0.284. The zero-order valence-electron chi connectivity index (χ0n) is 8.65. The lowest BCUT2D eigenvalue weighted by atomic mass is 10.2. The van der Waals surface area contributed by atoms with Gasteiger partial charge in [-0.1, -0.05) is 0 Å². The molecular formula is C11H12BrN3O. The van der Waals surface area contributed by atoms with E-state index in [0.29, 0.717) is 6.04 Å². The molecule has 2 heterocycles. The molecule has 3 rings (SSSR count). The Kier molecular flexibility index (Phi) is 2.37. The van der Waals surface area contributed by atoms with Crippen LogP contribution in [0.1, 0.15) is 12.5 Å². The van der Waals surface area contributed by atoms with Crippen molar-refractivity contribution in [1.29, 1.82) is 0 Å². The molecule has 16 heavy (non-hydrogen) atoms. The Bertz CT molecular complexity index is 531. The summed E-state index contributed by atoms with van der Waals surface area (Å²) in [5.74, 6) is 0.284. The molecule has 0 saturated carbocycles. The van der Waals surface area contributed by atoms with E-state index in [4.69, 9.17) is 0 Å². The van der Waals surface area contributed by atoms with Crippen molar-refractivity contribution in [2.24, 2.45) is 0 Å². The third kappa shape index (κ3) is 1.51. The predicted octanol–water partition coefficient (Wildman–Crippen LogP) is 2.04. The van der Waals surface area contributed by atoms with Crippen LogP contribution in [0.4, 0.5) is 0 Å². The minimum Gasteiger partial charge on any atom is -0.508 e. The fourth-order valence-electron chi connectivity index (χ4n) is 2.26. The number of nitrogens with one attached hydrogen (secondary N) is 1. The van der Waals surface area contributed by atoms with Gasteiger partial charge in [0.2, 0.25) is 0 Å². The van der Waals surface area contributed by atoms with Gasteiger partial charge in [-0.3, -0.25) is 0 Å². The van der Waals surface area contributed by atoms with E-state index in [0.717, 1.165) is 35.3 Å². The molecule has 1 atom stereocenters. The first-order chi connectivity index (χ1) is 7.75. The Morgan fingerprint density at radius 1 is 1.50 bits per heavy atom. The maximum atomic E-state index is 9.53. The first-order valence-electron chi connectivity index (χ1n) is 5.33. The van der Waals surface area contributed by atoms with Crippen molar-refractivity contribution in [3.63, 3.8) is 0 Å². The Labute approximate surface area is 101 Å². The Hall–Kier alpha value is -1.07. The van der Waals surface area contributed by atoms with Crippen molar-refractivity contribution in [2.75, 3.05) is 13.1 Å². The van der Waals surface area contributed by atoms with Crippen LogP contribution in [0.15, 0.2) is 22.9 Å². The summed E-state index contributed by atoms with van der Waals surface area (Å²) in [5.41, 5.74) is 1.90. The Morgan fingerprint density at radius 3 is 3.12 bits per heavy atom. The summed E-state index contributed by atoms with van der Waals surface area (Å²) in [5, 5.41) is 12.9. The molecular weight excluding hydrogens is 270 g/mol. The molecule has 0 spiro atoms. The number of hydrogen-bond donors (Lipinski definition) is 2. The highest BCUT2D eigenvalue weighted by Crippen LogP contribution is 2.29. The van der Waals surface area contributed by atoms with Crippen LogP contribution >= 0.6 is 15.9 Å². The number of fused-ring (bicyclic) bond motifs is 1. The summed E-state index contributed by atoms with van der Waals surface area (Å²) < 4.78 is 2.98. The molecule has 2 N–H and O–H groups in total. The van der Waals surface area contributed by atoms with Gasteiger partial charge in [-0.25, -0.2) is 4.98 Å². The molecule has 1 aromatic carbocycles. The van der Waals surface area contributed by atoms with Gasteiger partial charge in [0, 0.05) is 18.7 Å². The quantitative estimate of drug-likeness (QED) is 0.841. The van der Waals surface area contributed by atoms with Crippen LogP contribution in [0, 0.1) is 0 Å². The van der Waals surface area contributed by atoms with Gasteiger partial charge in [0.05, 0.1) is 11.0 Å². The maximum Gasteiger partial charge on any atom is 0.178 e. The summed E-state index contributed by atoms with van der Waals surface area (Å²) >= 11 is 3.49. The van der Waals surface area contributed by atoms with Crippen LogP contribution in [0.25, 0.3) is 11.0 Å². The van der Waals surface area contributed by atoms with E-state index in [1.807, 2.05) is 6.07 Å². The molecule has 1 saturated heterocycles. The van der Waals surface area contributed by atoms with E-state index in [1.54, 1.807) is 12.1 Å². The van der Waals surface area contributed by atoms with Crippen LogP contribution in [0.2, 0.25) is 0 Å². The zero-order valence-corrected chi connectivity index (χ0v) is 10.2. The average Bonchev–Trinajstić information content (AvgIpc) is 2.83. The number of nitrogens with zero attached hydrogens (tertiary/aromatic N) is 2. The number of rotatable bonds is 1. The molecule has 1 aromatic heterocycles. The van der Waals surface area contributed by atoms with Crippen molar-refractivity contribution < 1.29 is 5.11 Å². The summed E-state index contributed by atoms with van der Waals surface area (Å²) in [6.07, 6.45) is 1.10. The molecule has 2 aromatic rings. The van der Waals surface area contributed by atoms with Gasteiger partial charge in [0.25, 0.3) is 0 Å². The molecule has 1 unspecified atom stereocenters. The van der Waals surface area contributed by atoms with Crippen molar-refractivity contribution in [3.05, 3.63) is 22.9 Å². The number of aromatic hydroxyl groups is 1. The van der Waals surface area contributed by atoms with Gasteiger partial charge in [-0.05, 0) is 41.0 Å². The normalized spacial score (nSPS) is 20.7. The Morgan fingerprint density at radius 2 is 2.38 bits per heavy atom. The van der Waals surface area contributed by atoms with Gasteiger partial charge < -0.3 is 15.0 Å². The first-order valence-corrected chi connectivity index (χ1v) is 6.12. The summed E-state index contributed by atoms with van der Waals surface area (Å²) in [4.78, 5) is 4.44. The van der Waals surface area contributed by atoms with Crippen molar-refractivity contribution in [2.45, 2.75) is 12.5 Å². The molecule has 0 radical (unpaired) electrons. The molecule has 0 aliphatic carbocycles. The molecule has 0 amide bonds. The largest absolute Gasteiger partial charge is 0.508 e. The fraction of sp³-hybridized carbons (Fsp3) is 0.364. The summed E-state index contributed by atoms with van der Waals surface area (Å²) in [6.45, 7) is 2.00. The predicted molar refractivity (Wildman–Crippen MR) is 65.6 cm³/mol. The number of benzene rings is 1. The number of phenolic OH excluding ortho intramolecular Hbond substituents is 1. The number of halogens is 1. The monoisotopic (exact) mass is 281 g/mol. The van der Waals surface area contributed by atoms with Crippen molar-refractivity contribution in [3.8, 4) is 5.75 Å². The Balaban J connectivity index is 2.20. The summed E-state index contributed by atoms with van der Waals surface area (Å²) in [7, 11) is 0. The van der Waals surface area contributed by atoms with E-state index in [1.165, 1.54) is 0 Å². The van der Waals surface area contributed by atoms with E-state index in [2.05, 4.69) is 30.8 Å². The standard InChI is InChI=1S/C11H12BrN3O/c12-11-14-9-2-1-8(16)5-10(9)15(11)7-3-4-13-6-7/h1-2,5,7,13,16H,3-4,6H2. The number of hydrogen-bond acceptors (Lipinski definition) is 3. The van der Waals surface area contributed by atoms with Crippen LogP contribution < -0.4 is 5.32 Å². The molecule has 5 heteroatoms. The van der Waals surface area contributed by atoms with Crippen LogP contribution in [-0.4, -0.2) is 27.7 Å². The van der Waals surface area contributed by atoms with E-state index in [-0.39, 0.29) is 5.75 Å². The van der Waals surface area contributed by atoms with Gasteiger partial charge in [-0.15, -0.1) is 0 Å². The van der Waals surface area contributed by atoms with E-state index >= 15 is 0 Å². The third-order valence-electron chi connectivity index (χ3n) is 3.03. The second-order valence-corrected chi connectivity index (χ2v) is 4.78. The van der Waals surface area contributed by atoms with Crippen LogP contribution in [0.3, 0.4) is 0 Å². The van der Waals surface area contributed by atoms with Gasteiger partial charge >= 0.3 is 0 Å². The lowest BCUT2D eigenvalue weighted by molar-refractivity contribution is 0.475. The third-order valence-corrected chi connectivity index (χ3v) is 3.59. The summed E-state index contributed by atoms with van der Waals surface area (Å²) in [6, 6.07) is 5.69. The lowest BCUT2D eigenvalue weighted by Gasteiger charge is -2.13. The number of phenols is 1. The van der Waals surface area contributed by atoms with Crippen LogP contribution in [-0.2, 0) is 0 Å². The minimum atomic E-state index is 0.284. The lowest BCUT2D eigenvalue weighted by Crippen LogP contribution is -2.13. The number of aromatic nitrogens is 2. The zero-order chi connectivity index (χ0) is 11.1. The molecule has 84 valence electrons. The van der Waals surface area contributed by atoms with Crippen molar-refractivity contribution >= 4 is 27.0 Å². The number of imidazole rings is 1. The van der Waals surface area contributed by atoms with E-state index in [9.17, 15) is 5.11 Å². The molecule has 1 aliphatic heterocycles. The molecule has 1 fully saturated rings. The fourth-order valence-corrected chi connectivity index (χ4v) is 2.93. The average molecular weight is 282 g/mol. The second kappa shape index (κ2) is 3.75. The van der Waals surface area contributed by atoms with Crippen molar-refractivity contribution in [1.82, 2.24) is 14.9 Å². The SMILES string of the molecule is Oc1ccc2nc(Br)n(C3CCNC3)c2c1. The van der Waals surface area contributed by atoms with Gasteiger partial charge in [0.1, 0.15) is 5.75 Å². The smallest absolute Gasteiger partial charge is 0.178 e.